The van der Waals surface area contributed by atoms with Crippen molar-refractivity contribution < 1.29 is 23.8 Å². The number of rotatable bonds is 5. The van der Waals surface area contributed by atoms with E-state index in [-0.39, 0.29) is 34.8 Å². The SMILES string of the molecule is COCCC(=O)[C@]12O[C@@H]1C[C@@H]1[C@H]3CC=C4C[C@@H](OC(C)=O)CC[C@]4(C)[C@@H]3CC[C@@]12C. The van der Waals surface area contributed by atoms with E-state index >= 15 is 0 Å². The Hall–Kier alpha value is -1.20. The first-order valence-electron chi connectivity index (χ1n) is 11.8. The minimum absolute atomic E-state index is 0.0414. The molecule has 30 heavy (non-hydrogen) atoms. The lowest BCUT2D eigenvalue weighted by Crippen LogP contribution is -2.54. The molecule has 4 aliphatic carbocycles. The zero-order chi connectivity index (χ0) is 21.3. The molecule has 0 unspecified atom stereocenters. The van der Waals surface area contributed by atoms with E-state index in [2.05, 4.69) is 19.9 Å². The lowest BCUT2D eigenvalue weighted by molar-refractivity contribution is -0.149. The van der Waals surface area contributed by atoms with Gasteiger partial charge in [-0.1, -0.05) is 25.5 Å². The van der Waals surface area contributed by atoms with Crippen LogP contribution in [0.1, 0.15) is 72.1 Å². The molecular weight excluding hydrogens is 380 g/mol. The average molecular weight is 417 g/mol. The Balaban J connectivity index is 1.38. The lowest BCUT2D eigenvalue weighted by Gasteiger charge is -2.58. The van der Waals surface area contributed by atoms with Crippen molar-refractivity contribution in [2.75, 3.05) is 13.7 Å². The van der Waals surface area contributed by atoms with Gasteiger partial charge in [0.05, 0.1) is 12.7 Å². The molecule has 5 rings (SSSR count). The smallest absolute Gasteiger partial charge is 0.302 e. The number of carbonyl (C=O) groups is 2. The molecule has 1 aliphatic heterocycles. The summed E-state index contributed by atoms with van der Waals surface area (Å²) >= 11 is 0. The van der Waals surface area contributed by atoms with E-state index < -0.39 is 5.60 Å². The summed E-state index contributed by atoms with van der Waals surface area (Å²) in [5.41, 5.74) is 1.14. The third-order valence-electron chi connectivity index (χ3n) is 9.77. The Morgan fingerprint density at radius 1 is 1.20 bits per heavy atom. The summed E-state index contributed by atoms with van der Waals surface area (Å²) in [6.07, 6.45) is 10.4. The molecule has 5 nitrogen and oxygen atoms in total. The van der Waals surface area contributed by atoms with Gasteiger partial charge in [0.25, 0.3) is 0 Å². The molecule has 5 aliphatic rings. The third-order valence-corrected chi connectivity index (χ3v) is 9.77. The average Bonchev–Trinajstić information content (AvgIpc) is 3.38. The number of fused-ring (bicyclic) bond motifs is 7. The number of allylic oxidation sites excluding steroid dienone is 1. The summed E-state index contributed by atoms with van der Waals surface area (Å²) in [5.74, 6) is 1.95. The van der Waals surface area contributed by atoms with Crippen molar-refractivity contribution >= 4 is 11.8 Å². The van der Waals surface area contributed by atoms with Crippen LogP contribution in [0.2, 0.25) is 0 Å². The Labute approximate surface area is 179 Å². The Morgan fingerprint density at radius 2 is 2.00 bits per heavy atom. The van der Waals surface area contributed by atoms with Crippen molar-refractivity contribution in [1.29, 1.82) is 0 Å². The van der Waals surface area contributed by atoms with E-state index in [0.717, 1.165) is 38.5 Å². The summed E-state index contributed by atoms with van der Waals surface area (Å²) in [6, 6.07) is 0. The Kier molecular flexibility index (Phi) is 4.76. The fourth-order valence-electron chi connectivity index (χ4n) is 8.26. The number of ether oxygens (including phenoxy) is 3. The second-order valence-electron chi connectivity index (χ2n) is 10.9. The van der Waals surface area contributed by atoms with Gasteiger partial charge in [0, 0.05) is 32.3 Å². The molecular formula is C25H36O5. The van der Waals surface area contributed by atoms with Crippen molar-refractivity contribution in [3.05, 3.63) is 11.6 Å². The van der Waals surface area contributed by atoms with Crippen LogP contribution in [0.15, 0.2) is 11.6 Å². The van der Waals surface area contributed by atoms with E-state index in [9.17, 15) is 9.59 Å². The molecule has 0 bridgehead atoms. The molecule has 0 N–H and O–H groups in total. The van der Waals surface area contributed by atoms with Crippen LogP contribution in [0.5, 0.6) is 0 Å². The summed E-state index contributed by atoms with van der Waals surface area (Å²) < 4.78 is 16.9. The van der Waals surface area contributed by atoms with Crippen molar-refractivity contribution in [3.63, 3.8) is 0 Å². The van der Waals surface area contributed by atoms with Gasteiger partial charge in [-0.2, -0.15) is 0 Å². The minimum atomic E-state index is -0.543. The van der Waals surface area contributed by atoms with Gasteiger partial charge in [-0.15, -0.1) is 0 Å². The molecule has 166 valence electrons. The summed E-state index contributed by atoms with van der Waals surface area (Å²) in [6.45, 7) is 6.79. The number of hydrogen-bond donors (Lipinski definition) is 0. The van der Waals surface area contributed by atoms with Gasteiger partial charge in [0.2, 0.25) is 0 Å². The predicted octanol–water partition coefficient (Wildman–Crippen LogP) is 4.23. The number of Topliss-reactive ketones (excluding diaryl/α,β-unsaturated/α-hetero) is 1. The fourth-order valence-corrected chi connectivity index (χ4v) is 8.26. The zero-order valence-corrected chi connectivity index (χ0v) is 18.9. The number of epoxide rings is 1. The standard InChI is InChI=1S/C25H36O5/c1-15(26)29-17-7-10-23(2)16(13-17)5-6-18-19(23)8-11-24(3)20(18)14-22-25(24,30-22)21(27)9-12-28-4/h5,17-20,22H,6-14H2,1-4H3/t17-,18-,19+,20+,22+,23-,24-,25-/m0/s1. The number of carbonyl (C=O) groups excluding carboxylic acids is 2. The highest BCUT2D eigenvalue weighted by molar-refractivity contribution is 5.92. The first kappa shape index (κ1) is 20.7. The maximum absolute atomic E-state index is 13.1. The van der Waals surface area contributed by atoms with Crippen molar-refractivity contribution in [2.45, 2.75) is 89.9 Å². The number of esters is 1. The van der Waals surface area contributed by atoms with Crippen LogP contribution in [0, 0.1) is 28.6 Å². The van der Waals surface area contributed by atoms with Crippen LogP contribution in [0.4, 0.5) is 0 Å². The largest absolute Gasteiger partial charge is 0.462 e. The molecule has 0 aromatic rings. The van der Waals surface area contributed by atoms with E-state index in [4.69, 9.17) is 14.2 Å². The fraction of sp³-hybridized carbons (Fsp3) is 0.840. The summed E-state index contributed by atoms with van der Waals surface area (Å²) in [4.78, 5) is 24.6. The van der Waals surface area contributed by atoms with Crippen LogP contribution < -0.4 is 0 Å². The summed E-state index contributed by atoms with van der Waals surface area (Å²) in [7, 11) is 1.66. The molecule has 0 radical (unpaired) electrons. The predicted molar refractivity (Wildman–Crippen MR) is 112 cm³/mol. The van der Waals surface area contributed by atoms with Crippen molar-refractivity contribution in [2.24, 2.45) is 28.6 Å². The van der Waals surface area contributed by atoms with Gasteiger partial charge in [0.1, 0.15) is 6.10 Å². The van der Waals surface area contributed by atoms with Gasteiger partial charge in [-0.05, 0) is 61.7 Å². The quantitative estimate of drug-likeness (QED) is 0.381. The molecule has 1 heterocycles. The van der Waals surface area contributed by atoms with E-state index in [1.54, 1.807) is 7.11 Å². The maximum atomic E-state index is 13.1. The zero-order valence-electron chi connectivity index (χ0n) is 18.9. The second-order valence-corrected chi connectivity index (χ2v) is 10.9. The van der Waals surface area contributed by atoms with Gasteiger partial charge < -0.3 is 14.2 Å². The summed E-state index contributed by atoms with van der Waals surface area (Å²) in [5, 5.41) is 0. The van der Waals surface area contributed by atoms with Gasteiger partial charge in [0.15, 0.2) is 11.4 Å². The topological polar surface area (TPSA) is 65.1 Å². The number of ketones is 1. The Morgan fingerprint density at radius 3 is 2.73 bits per heavy atom. The third kappa shape index (κ3) is 2.67. The van der Waals surface area contributed by atoms with Crippen LogP contribution in [-0.2, 0) is 23.8 Å². The first-order chi connectivity index (χ1) is 14.3. The highest BCUT2D eigenvalue weighted by atomic mass is 16.6. The van der Waals surface area contributed by atoms with Crippen LogP contribution >= 0.6 is 0 Å². The molecule has 0 aromatic heterocycles. The second kappa shape index (κ2) is 6.90. The first-order valence-corrected chi connectivity index (χ1v) is 11.8. The number of methoxy groups -OCH3 is 1. The normalized spacial score (nSPS) is 48.5. The molecule has 0 spiro atoms. The van der Waals surface area contributed by atoms with E-state index in [1.165, 1.54) is 18.9 Å². The molecule has 0 amide bonds. The molecule has 0 aromatic carbocycles. The highest BCUT2D eigenvalue weighted by Crippen LogP contribution is 2.73. The van der Waals surface area contributed by atoms with Crippen molar-refractivity contribution in [3.8, 4) is 0 Å². The van der Waals surface area contributed by atoms with Gasteiger partial charge >= 0.3 is 5.97 Å². The van der Waals surface area contributed by atoms with Crippen molar-refractivity contribution in [1.82, 2.24) is 0 Å². The number of hydrogen-bond acceptors (Lipinski definition) is 5. The van der Waals surface area contributed by atoms with E-state index in [1.807, 2.05) is 0 Å². The van der Waals surface area contributed by atoms with E-state index in [0.29, 0.717) is 30.8 Å². The van der Waals surface area contributed by atoms with Gasteiger partial charge in [-0.3, -0.25) is 9.59 Å². The maximum Gasteiger partial charge on any atom is 0.302 e. The van der Waals surface area contributed by atoms with Crippen LogP contribution in [0.3, 0.4) is 0 Å². The molecule has 1 saturated heterocycles. The Bertz CT molecular complexity index is 788. The molecule has 4 fully saturated rings. The van der Waals surface area contributed by atoms with Gasteiger partial charge in [-0.25, -0.2) is 0 Å². The van der Waals surface area contributed by atoms with Crippen LogP contribution in [-0.4, -0.2) is 43.3 Å². The monoisotopic (exact) mass is 416 g/mol. The lowest BCUT2D eigenvalue weighted by atomic mass is 9.47. The highest BCUT2D eigenvalue weighted by Gasteiger charge is 2.79. The minimum Gasteiger partial charge on any atom is -0.462 e. The molecule has 8 atom stereocenters. The van der Waals surface area contributed by atoms with Crippen LogP contribution in [0.25, 0.3) is 0 Å². The molecule has 5 heteroatoms. The molecule has 3 saturated carbocycles.